The molecule has 0 aliphatic carbocycles. The van der Waals surface area contributed by atoms with E-state index in [-0.39, 0.29) is 15.8 Å². The molecule has 88 valence electrons. The number of halogens is 2. The van der Waals surface area contributed by atoms with Crippen molar-refractivity contribution in [2.75, 3.05) is 7.11 Å². The summed E-state index contributed by atoms with van der Waals surface area (Å²) >= 11 is 3.05. The van der Waals surface area contributed by atoms with Crippen molar-refractivity contribution in [2.45, 2.75) is 19.8 Å². The Labute approximate surface area is 101 Å². The molecule has 5 heteroatoms. The molecule has 0 saturated heterocycles. The fourth-order valence-electron chi connectivity index (χ4n) is 1.54. The topological polar surface area (TPSA) is 46.5 Å². The summed E-state index contributed by atoms with van der Waals surface area (Å²) in [5, 5.41) is 8.92. The number of ether oxygens (including phenoxy) is 1. The summed E-state index contributed by atoms with van der Waals surface area (Å²) in [6.45, 7) is 3.16. The van der Waals surface area contributed by atoms with Gasteiger partial charge >= 0.3 is 5.97 Å². The zero-order chi connectivity index (χ0) is 12.5. The van der Waals surface area contributed by atoms with Gasteiger partial charge in [0.25, 0.3) is 0 Å². The quantitative estimate of drug-likeness (QED) is 0.930. The highest BCUT2D eigenvalue weighted by Gasteiger charge is 2.25. The van der Waals surface area contributed by atoms with Gasteiger partial charge in [0.15, 0.2) is 0 Å². The van der Waals surface area contributed by atoms with Crippen LogP contribution in [-0.2, 0) is 4.79 Å². The number of carbonyl (C=O) groups is 1. The average Bonchev–Trinajstić information content (AvgIpc) is 2.21. The Balaban J connectivity index is 3.50. The first-order valence-corrected chi connectivity index (χ1v) is 5.44. The predicted octanol–water partition coefficient (Wildman–Crippen LogP) is 3.09. The number of rotatable bonds is 3. The molecule has 0 aliphatic heterocycles. The largest absolute Gasteiger partial charge is 0.496 e. The highest BCUT2D eigenvalue weighted by molar-refractivity contribution is 9.10. The van der Waals surface area contributed by atoms with Crippen LogP contribution in [0.25, 0.3) is 0 Å². The lowest BCUT2D eigenvalue weighted by Gasteiger charge is -2.16. The van der Waals surface area contributed by atoms with Gasteiger partial charge in [0.1, 0.15) is 11.6 Å². The minimum Gasteiger partial charge on any atom is -0.496 e. The van der Waals surface area contributed by atoms with Crippen molar-refractivity contribution >= 4 is 21.9 Å². The number of methoxy groups -OCH3 is 1. The highest BCUT2D eigenvalue weighted by atomic mass is 79.9. The molecule has 0 radical (unpaired) electrons. The molecule has 0 saturated carbocycles. The predicted molar refractivity (Wildman–Crippen MR) is 61.4 cm³/mol. The Bertz CT molecular complexity index is 432. The Kier molecular flexibility index (Phi) is 3.91. The smallest absolute Gasteiger partial charge is 0.310 e. The molecule has 0 aromatic heterocycles. The number of hydrogen-bond acceptors (Lipinski definition) is 2. The maximum absolute atomic E-state index is 13.8. The Morgan fingerprint density at radius 3 is 2.62 bits per heavy atom. The van der Waals surface area contributed by atoms with E-state index < -0.39 is 17.7 Å². The first-order chi connectivity index (χ1) is 7.40. The fourth-order valence-corrected chi connectivity index (χ4v) is 2.10. The zero-order valence-electron chi connectivity index (χ0n) is 9.17. The molecule has 16 heavy (non-hydrogen) atoms. The van der Waals surface area contributed by atoms with E-state index >= 15 is 0 Å². The Morgan fingerprint density at radius 1 is 1.62 bits per heavy atom. The molecular formula is C11H12BrFO3. The number of hydrogen-bond donors (Lipinski definition) is 1. The number of carboxylic acid groups (broad SMARTS) is 1. The third kappa shape index (κ3) is 2.19. The van der Waals surface area contributed by atoms with Crippen molar-refractivity contribution in [3.63, 3.8) is 0 Å². The second-order valence-electron chi connectivity index (χ2n) is 3.50. The second-order valence-corrected chi connectivity index (χ2v) is 4.35. The summed E-state index contributed by atoms with van der Waals surface area (Å²) in [7, 11) is 1.40. The van der Waals surface area contributed by atoms with Crippen molar-refractivity contribution in [2.24, 2.45) is 0 Å². The molecule has 0 fully saturated rings. The third-order valence-corrected chi connectivity index (χ3v) is 2.98. The molecule has 0 amide bonds. The first kappa shape index (κ1) is 13.0. The van der Waals surface area contributed by atoms with Crippen LogP contribution in [0.1, 0.15) is 24.0 Å². The van der Waals surface area contributed by atoms with E-state index in [0.29, 0.717) is 5.56 Å². The molecule has 3 nitrogen and oxygen atoms in total. The Hall–Kier alpha value is -1.10. The summed E-state index contributed by atoms with van der Waals surface area (Å²) < 4.78 is 19.2. The van der Waals surface area contributed by atoms with Crippen molar-refractivity contribution in [1.82, 2.24) is 0 Å². The molecule has 0 heterocycles. The van der Waals surface area contributed by atoms with Crippen molar-refractivity contribution in [3.8, 4) is 5.75 Å². The van der Waals surface area contributed by atoms with Crippen LogP contribution in [0.15, 0.2) is 10.5 Å². The van der Waals surface area contributed by atoms with Gasteiger partial charge in [0.2, 0.25) is 0 Å². The fraction of sp³-hybridized carbons (Fsp3) is 0.364. The van der Waals surface area contributed by atoms with E-state index in [1.165, 1.54) is 14.0 Å². The lowest BCUT2D eigenvalue weighted by molar-refractivity contribution is -0.138. The number of benzene rings is 1. The molecule has 1 aromatic carbocycles. The molecule has 1 rings (SSSR count). The van der Waals surface area contributed by atoms with Gasteiger partial charge in [-0.25, -0.2) is 4.39 Å². The van der Waals surface area contributed by atoms with Gasteiger partial charge in [-0.3, -0.25) is 4.79 Å². The average molecular weight is 291 g/mol. The summed E-state index contributed by atoms with van der Waals surface area (Å²) in [4.78, 5) is 10.9. The molecule has 0 spiro atoms. The minimum atomic E-state index is -1.09. The van der Waals surface area contributed by atoms with Crippen molar-refractivity contribution in [1.29, 1.82) is 0 Å². The van der Waals surface area contributed by atoms with Gasteiger partial charge < -0.3 is 9.84 Å². The van der Waals surface area contributed by atoms with Gasteiger partial charge in [-0.2, -0.15) is 0 Å². The number of carboxylic acids is 1. The molecular weight excluding hydrogens is 279 g/mol. The van der Waals surface area contributed by atoms with Crippen LogP contribution in [0.4, 0.5) is 4.39 Å². The van der Waals surface area contributed by atoms with Gasteiger partial charge in [-0.15, -0.1) is 0 Å². The Morgan fingerprint density at radius 2 is 2.19 bits per heavy atom. The van der Waals surface area contributed by atoms with E-state index in [9.17, 15) is 9.18 Å². The van der Waals surface area contributed by atoms with E-state index in [4.69, 9.17) is 9.84 Å². The van der Waals surface area contributed by atoms with Crippen LogP contribution in [-0.4, -0.2) is 18.2 Å². The van der Waals surface area contributed by atoms with Crippen LogP contribution < -0.4 is 4.74 Å². The SMILES string of the molecule is COc1c(C)cc(Br)c(F)c1C(C)C(=O)O. The summed E-state index contributed by atoms with van der Waals surface area (Å²) in [6.07, 6.45) is 0. The van der Waals surface area contributed by atoms with Crippen molar-refractivity contribution < 1.29 is 19.0 Å². The van der Waals surface area contributed by atoms with Crippen LogP contribution in [0.5, 0.6) is 5.75 Å². The van der Waals surface area contributed by atoms with Crippen LogP contribution in [0.2, 0.25) is 0 Å². The summed E-state index contributed by atoms with van der Waals surface area (Å²) in [5.41, 5.74) is 0.765. The standard InChI is InChI=1S/C11H12BrFO3/c1-5-4-7(12)9(13)8(10(5)16-3)6(2)11(14)15/h4,6H,1-3H3,(H,14,15). The first-order valence-electron chi connectivity index (χ1n) is 4.65. The van der Waals surface area contributed by atoms with E-state index in [2.05, 4.69) is 15.9 Å². The highest BCUT2D eigenvalue weighted by Crippen LogP contribution is 2.36. The molecule has 0 bridgehead atoms. The normalized spacial score (nSPS) is 12.3. The number of aryl methyl sites for hydroxylation is 1. The van der Waals surface area contributed by atoms with Crippen molar-refractivity contribution in [3.05, 3.63) is 27.5 Å². The van der Waals surface area contributed by atoms with Gasteiger partial charge in [0.05, 0.1) is 17.5 Å². The lowest BCUT2D eigenvalue weighted by Crippen LogP contribution is -2.12. The maximum Gasteiger partial charge on any atom is 0.310 e. The monoisotopic (exact) mass is 290 g/mol. The lowest BCUT2D eigenvalue weighted by atomic mass is 9.97. The second kappa shape index (κ2) is 4.82. The third-order valence-electron chi connectivity index (χ3n) is 2.40. The van der Waals surface area contributed by atoms with E-state index in [1.54, 1.807) is 13.0 Å². The molecule has 0 aliphatic rings. The summed E-state index contributed by atoms with van der Waals surface area (Å²) in [6, 6.07) is 1.56. The van der Waals surface area contributed by atoms with Crippen LogP contribution in [0.3, 0.4) is 0 Å². The van der Waals surface area contributed by atoms with Gasteiger partial charge in [-0.1, -0.05) is 0 Å². The minimum absolute atomic E-state index is 0.0712. The van der Waals surface area contributed by atoms with Gasteiger partial charge in [-0.05, 0) is 41.4 Å². The van der Waals surface area contributed by atoms with Crippen LogP contribution in [0, 0.1) is 12.7 Å². The van der Waals surface area contributed by atoms with E-state index in [0.717, 1.165) is 0 Å². The molecule has 1 unspecified atom stereocenters. The van der Waals surface area contributed by atoms with E-state index in [1.807, 2.05) is 0 Å². The molecule has 1 atom stereocenters. The molecule has 1 aromatic rings. The molecule has 1 N–H and O–H groups in total. The number of aliphatic carboxylic acids is 1. The summed E-state index contributed by atoms with van der Waals surface area (Å²) in [5.74, 6) is -2.34. The van der Waals surface area contributed by atoms with Crippen LogP contribution >= 0.6 is 15.9 Å². The van der Waals surface area contributed by atoms with Gasteiger partial charge in [0, 0.05) is 5.56 Å². The zero-order valence-corrected chi connectivity index (χ0v) is 10.8. The maximum atomic E-state index is 13.8.